The van der Waals surface area contributed by atoms with E-state index >= 15 is 0 Å². The van der Waals surface area contributed by atoms with Crippen LogP contribution in [0.2, 0.25) is 0 Å². The van der Waals surface area contributed by atoms with Gasteiger partial charge in [0.15, 0.2) is 5.82 Å². The van der Waals surface area contributed by atoms with E-state index in [-0.39, 0.29) is 5.54 Å². The predicted molar refractivity (Wildman–Crippen MR) is 89.9 cm³/mol. The van der Waals surface area contributed by atoms with Crippen LogP contribution in [-0.4, -0.2) is 41.2 Å². The smallest absolute Gasteiger partial charge is 0.258 e. The lowest BCUT2D eigenvalue weighted by molar-refractivity contribution is 0.0925. The molecule has 0 aliphatic carbocycles. The van der Waals surface area contributed by atoms with Gasteiger partial charge in [-0.3, -0.25) is 4.90 Å². The lowest BCUT2D eigenvalue weighted by Crippen LogP contribution is -2.52. The Bertz CT molecular complexity index is 620. The fourth-order valence-corrected chi connectivity index (χ4v) is 3.12. The van der Waals surface area contributed by atoms with E-state index in [0.29, 0.717) is 5.89 Å². The maximum Gasteiger partial charge on any atom is 0.258 e. The molecule has 1 aromatic heterocycles. The predicted octanol–water partition coefficient (Wildman–Crippen LogP) is 2.48. The van der Waals surface area contributed by atoms with Crippen molar-refractivity contribution in [2.45, 2.75) is 19.4 Å². The molecule has 0 spiro atoms. The molecule has 6 heteroatoms. The summed E-state index contributed by atoms with van der Waals surface area (Å²) in [5, 5.41) is 7.59. The Kier molecular flexibility index (Phi) is 4.28. The Morgan fingerprint density at radius 1 is 1.29 bits per heavy atom. The Hall–Kier alpha value is -0.990. The lowest BCUT2D eigenvalue weighted by atomic mass is 10.0. The highest BCUT2D eigenvalue weighted by Gasteiger charge is 2.34. The van der Waals surface area contributed by atoms with Crippen LogP contribution in [0.1, 0.15) is 19.7 Å². The molecule has 2 heterocycles. The molecule has 0 amide bonds. The number of nitrogens with zero attached hydrogens (tertiary/aromatic N) is 3. The first kappa shape index (κ1) is 14.9. The number of hydrogen-bond donors (Lipinski definition) is 1. The van der Waals surface area contributed by atoms with E-state index in [1.807, 2.05) is 18.2 Å². The zero-order valence-electron chi connectivity index (χ0n) is 12.3. The van der Waals surface area contributed by atoms with Crippen LogP contribution in [0, 0.1) is 3.57 Å². The topological polar surface area (TPSA) is 54.2 Å². The van der Waals surface area contributed by atoms with Gasteiger partial charge in [-0.05, 0) is 54.6 Å². The molecular weight excluding hydrogens is 379 g/mol. The van der Waals surface area contributed by atoms with Gasteiger partial charge in [-0.25, -0.2) is 0 Å². The van der Waals surface area contributed by atoms with E-state index in [0.717, 1.165) is 41.1 Å². The summed E-state index contributed by atoms with van der Waals surface area (Å²) < 4.78 is 6.63. The minimum atomic E-state index is -0.216. The first-order valence-electron chi connectivity index (χ1n) is 7.13. The van der Waals surface area contributed by atoms with Crippen LogP contribution >= 0.6 is 22.6 Å². The summed E-state index contributed by atoms with van der Waals surface area (Å²) in [6.07, 6.45) is 0. The monoisotopic (exact) mass is 398 g/mol. The van der Waals surface area contributed by atoms with Crippen molar-refractivity contribution in [3.05, 3.63) is 33.7 Å². The second-order valence-corrected chi connectivity index (χ2v) is 6.98. The van der Waals surface area contributed by atoms with Gasteiger partial charge in [0.05, 0.1) is 5.54 Å². The van der Waals surface area contributed by atoms with Gasteiger partial charge in [0.25, 0.3) is 5.89 Å². The Morgan fingerprint density at radius 2 is 2.05 bits per heavy atom. The van der Waals surface area contributed by atoms with Crippen LogP contribution < -0.4 is 5.32 Å². The van der Waals surface area contributed by atoms with Gasteiger partial charge >= 0.3 is 0 Å². The number of piperazine rings is 1. The van der Waals surface area contributed by atoms with Gasteiger partial charge in [0.1, 0.15) is 0 Å². The third kappa shape index (κ3) is 3.12. The SMILES string of the molecule is CC(C)(c1noc(-c2cccc(I)c2)n1)N1CCNCC1. The van der Waals surface area contributed by atoms with Gasteiger partial charge in [0, 0.05) is 35.3 Å². The van der Waals surface area contributed by atoms with Crippen LogP contribution in [0.25, 0.3) is 11.5 Å². The standard InChI is InChI=1S/C15H19IN4O/c1-15(2,20-8-6-17-7-9-20)14-18-13(21-19-14)11-4-3-5-12(16)10-11/h3-5,10,17H,6-9H2,1-2H3. The minimum Gasteiger partial charge on any atom is -0.334 e. The van der Waals surface area contributed by atoms with Crippen molar-refractivity contribution >= 4 is 22.6 Å². The quantitative estimate of drug-likeness (QED) is 0.806. The van der Waals surface area contributed by atoms with E-state index in [4.69, 9.17) is 4.52 Å². The third-order valence-corrected chi connectivity index (χ3v) is 4.62. The van der Waals surface area contributed by atoms with E-state index in [9.17, 15) is 0 Å². The van der Waals surface area contributed by atoms with Gasteiger partial charge in [-0.2, -0.15) is 4.98 Å². The molecule has 0 unspecified atom stereocenters. The van der Waals surface area contributed by atoms with E-state index < -0.39 is 0 Å². The molecule has 5 nitrogen and oxygen atoms in total. The first-order valence-corrected chi connectivity index (χ1v) is 8.21. The molecule has 2 aromatic rings. The minimum absolute atomic E-state index is 0.216. The summed E-state index contributed by atoms with van der Waals surface area (Å²) in [5.74, 6) is 1.34. The molecule has 1 aliphatic rings. The average Bonchev–Trinajstić information content (AvgIpc) is 2.99. The average molecular weight is 398 g/mol. The maximum atomic E-state index is 5.48. The number of aromatic nitrogens is 2. The van der Waals surface area contributed by atoms with Crippen molar-refractivity contribution in [2.24, 2.45) is 0 Å². The summed E-state index contributed by atoms with van der Waals surface area (Å²) in [5.41, 5.74) is 0.753. The Balaban J connectivity index is 1.86. The normalized spacial score (nSPS) is 17.1. The summed E-state index contributed by atoms with van der Waals surface area (Å²) >= 11 is 2.29. The first-order chi connectivity index (χ1) is 10.1. The van der Waals surface area contributed by atoms with Crippen molar-refractivity contribution < 1.29 is 4.52 Å². The van der Waals surface area contributed by atoms with Crippen LogP contribution in [0.3, 0.4) is 0 Å². The Morgan fingerprint density at radius 3 is 2.76 bits per heavy atom. The zero-order chi connectivity index (χ0) is 14.9. The van der Waals surface area contributed by atoms with Gasteiger partial charge in [-0.1, -0.05) is 11.2 Å². The van der Waals surface area contributed by atoms with Crippen molar-refractivity contribution in [3.63, 3.8) is 0 Å². The molecule has 0 atom stereocenters. The van der Waals surface area contributed by atoms with Crippen LogP contribution in [0.4, 0.5) is 0 Å². The highest BCUT2D eigenvalue weighted by atomic mass is 127. The second kappa shape index (κ2) is 6.02. The largest absolute Gasteiger partial charge is 0.334 e. The highest BCUT2D eigenvalue weighted by Crippen LogP contribution is 2.28. The molecule has 1 aromatic carbocycles. The second-order valence-electron chi connectivity index (χ2n) is 5.73. The van der Waals surface area contributed by atoms with Gasteiger partial charge in [-0.15, -0.1) is 0 Å². The van der Waals surface area contributed by atoms with E-state index in [1.165, 1.54) is 0 Å². The molecule has 1 saturated heterocycles. The van der Waals surface area contributed by atoms with E-state index in [2.05, 4.69) is 62.9 Å². The number of hydrogen-bond acceptors (Lipinski definition) is 5. The number of nitrogens with one attached hydrogen (secondary N) is 1. The molecule has 0 bridgehead atoms. The summed E-state index contributed by atoms with van der Waals surface area (Å²) in [4.78, 5) is 7.02. The number of benzene rings is 1. The highest BCUT2D eigenvalue weighted by molar-refractivity contribution is 14.1. The van der Waals surface area contributed by atoms with Crippen molar-refractivity contribution in [1.82, 2.24) is 20.4 Å². The fourth-order valence-electron chi connectivity index (χ4n) is 2.58. The van der Waals surface area contributed by atoms with E-state index in [1.54, 1.807) is 0 Å². The fraction of sp³-hybridized carbons (Fsp3) is 0.467. The lowest BCUT2D eigenvalue weighted by Gasteiger charge is -2.38. The molecule has 1 fully saturated rings. The van der Waals surface area contributed by atoms with Crippen LogP contribution in [0.15, 0.2) is 28.8 Å². The Labute approximate surface area is 138 Å². The van der Waals surface area contributed by atoms with Crippen LogP contribution in [-0.2, 0) is 5.54 Å². The molecular formula is C15H19IN4O. The summed E-state index contributed by atoms with van der Waals surface area (Å²) in [6, 6.07) is 8.10. The van der Waals surface area contributed by atoms with Crippen molar-refractivity contribution in [3.8, 4) is 11.5 Å². The molecule has 0 radical (unpaired) electrons. The summed E-state index contributed by atoms with van der Waals surface area (Å²) in [7, 11) is 0. The van der Waals surface area contributed by atoms with Gasteiger partial charge in [0.2, 0.25) is 0 Å². The molecule has 0 saturated carbocycles. The molecule has 3 rings (SSSR count). The molecule has 21 heavy (non-hydrogen) atoms. The third-order valence-electron chi connectivity index (χ3n) is 3.95. The molecule has 1 aliphatic heterocycles. The van der Waals surface area contributed by atoms with Crippen molar-refractivity contribution in [1.29, 1.82) is 0 Å². The van der Waals surface area contributed by atoms with Crippen LogP contribution in [0.5, 0.6) is 0 Å². The zero-order valence-corrected chi connectivity index (χ0v) is 14.4. The van der Waals surface area contributed by atoms with Gasteiger partial charge < -0.3 is 9.84 Å². The maximum absolute atomic E-state index is 5.48. The molecule has 1 N–H and O–H groups in total. The number of rotatable bonds is 3. The molecule has 112 valence electrons. The number of halogens is 1. The summed E-state index contributed by atoms with van der Waals surface area (Å²) in [6.45, 7) is 8.32. The van der Waals surface area contributed by atoms with Crippen molar-refractivity contribution in [2.75, 3.05) is 26.2 Å².